The Kier molecular flexibility index (Phi) is 2.51. The molecule has 1 aliphatic rings. The van der Waals surface area contributed by atoms with Gasteiger partial charge >= 0.3 is 0 Å². The molecule has 0 saturated carbocycles. The van der Waals surface area contributed by atoms with Crippen LogP contribution in [0.15, 0.2) is 24.3 Å². The zero-order chi connectivity index (χ0) is 13.0. The average molecular weight is 277 g/mol. The van der Waals surface area contributed by atoms with Crippen LogP contribution < -0.4 is 0 Å². The highest BCUT2D eigenvalue weighted by molar-refractivity contribution is 6.35. The van der Waals surface area contributed by atoms with Gasteiger partial charge in [0.05, 0.1) is 0 Å². The summed E-state index contributed by atoms with van der Waals surface area (Å²) < 4.78 is 0. The van der Waals surface area contributed by atoms with Crippen molar-refractivity contribution >= 4 is 29.0 Å². The molecule has 2 aromatic carbocycles. The monoisotopic (exact) mass is 276 g/mol. The standard InChI is InChI=1S/C15H10Cl2O/c1-7-5-11-10-4-3-9(16)6-12(10)15(18)13(11)8(2)14(7)17/h3-6H,1-2H3. The fourth-order valence-electron chi connectivity index (χ4n) is 2.54. The van der Waals surface area contributed by atoms with Gasteiger partial charge in [0.25, 0.3) is 0 Å². The summed E-state index contributed by atoms with van der Waals surface area (Å²) in [7, 11) is 0. The maximum atomic E-state index is 12.4. The van der Waals surface area contributed by atoms with Gasteiger partial charge in [0.1, 0.15) is 0 Å². The van der Waals surface area contributed by atoms with Crippen LogP contribution in [0, 0.1) is 13.8 Å². The van der Waals surface area contributed by atoms with Crippen LogP contribution >= 0.6 is 23.2 Å². The van der Waals surface area contributed by atoms with Crippen LogP contribution in [0.2, 0.25) is 10.0 Å². The number of rotatable bonds is 0. The summed E-state index contributed by atoms with van der Waals surface area (Å²) in [6.45, 7) is 3.84. The lowest BCUT2D eigenvalue weighted by molar-refractivity contribution is 0.104. The molecule has 0 amide bonds. The molecular formula is C15H10Cl2O. The third-order valence-corrected chi connectivity index (χ3v) is 4.24. The van der Waals surface area contributed by atoms with Crippen molar-refractivity contribution in [3.05, 3.63) is 56.6 Å². The molecule has 0 fully saturated rings. The minimum Gasteiger partial charge on any atom is -0.289 e. The van der Waals surface area contributed by atoms with E-state index in [-0.39, 0.29) is 5.78 Å². The highest BCUT2D eigenvalue weighted by atomic mass is 35.5. The van der Waals surface area contributed by atoms with Crippen molar-refractivity contribution in [2.45, 2.75) is 13.8 Å². The van der Waals surface area contributed by atoms with Crippen molar-refractivity contribution in [2.24, 2.45) is 0 Å². The van der Waals surface area contributed by atoms with Gasteiger partial charge < -0.3 is 0 Å². The van der Waals surface area contributed by atoms with Crippen molar-refractivity contribution in [3.8, 4) is 11.1 Å². The molecule has 0 spiro atoms. The average Bonchev–Trinajstić information content (AvgIpc) is 2.60. The molecule has 0 N–H and O–H groups in total. The van der Waals surface area contributed by atoms with Crippen LogP contribution in [0.1, 0.15) is 27.0 Å². The second-order valence-corrected chi connectivity index (χ2v) is 5.39. The quantitative estimate of drug-likeness (QED) is 0.575. The van der Waals surface area contributed by atoms with Gasteiger partial charge in [0.15, 0.2) is 5.78 Å². The van der Waals surface area contributed by atoms with Crippen LogP contribution in [0.3, 0.4) is 0 Å². The van der Waals surface area contributed by atoms with Gasteiger partial charge in [-0.05, 0) is 54.3 Å². The third kappa shape index (κ3) is 1.44. The molecule has 0 atom stereocenters. The van der Waals surface area contributed by atoms with E-state index in [0.29, 0.717) is 21.2 Å². The Morgan fingerprint density at radius 3 is 2.39 bits per heavy atom. The number of hydrogen-bond donors (Lipinski definition) is 0. The van der Waals surface area contributed by atoms with Crippen LogP contribution in [0.5, 0.6) is 0 Å². The van der Waals surface area contributed by atoms with E-state index >= 15 is 0 Å². The molecule has 0 aromatic heterocycles. The molecule has 1 nitrogen and oxygen atoms in total. The predicted octanol–water partition coefficient (Wildman–Crippen LogP) is 4.82. The zero-order valence-corrected chi connectivity index (χ0v) is 11.5. The van der Waals surface area contributed by atoms with Gasteiger partial charge in [0.2, 0.25) is 0 Å². The van der Waals surface area contributed by atoms with Gasteiger partial charge in [-0.2, -0.15) is 0 Å². The molecular weight excluding hydrogens is 267 g/mol. The summed E-state index contributed by atoms with van der Waals surface area (Å²) in [4.78, 5) is 12.4. The van der Waals surface area contributed by atoms with Gasteiger partial charge in [-0.15, -0.1) is 0 Å². The lowest BCUT2D eigenvalue weighted by atomic mass is 9.99. The Balaban J connectivity index is 2.41. The molecule has 3 rings (SSSR count). The predicted molar refractivity (Wildman–Crippen MR) is 74.8 cm³/mol. The van der Waals surface area contributed by atoms with Crippen LogP contribution in [-0.2, 0) is 0 Å². The normalized spacial score (nSPS) is 12.6. The fraction of sp³-hybridized carbons (Fsp3) is 0.133. The maximum Gasteiger partial charge on any atom is 0.194 e. The Bertz CT molecular complexity index is 702. The summed E-state index contributed by atoms with van der Waals surface area (Å²) in [5, 5.41) is 1.25. The van der Waals surface area contributed by atoms with Crippen LogP contribution in [0.25, 0.3) is 11.1 Å². The summed E-state index contributed by atoms with van der Waals surface area (Å²) in [6.07, 6.45) is 0. The lowest BCUT2D eigenvalue weighted by Gasteiger charge is -2.08. The van der Waals surface area contributed by atoms with Crippen molar-refractivity contribution in [2.75, 3.05) is 0 Å². The first-order valence-electron chi connectivity index (χ1n) is 5.65. The van der Waals surface area contributed by atoms with E-state index in [9.17, 15) is 4.79 Å². The fourth-order valence-corrected chi connectivity index (χ4v) is 2.86. The van der Waals surface area contributed by atoms with Crippen molar-refractivity contribution in [1.82, 2.24) is 0 Å². The topological polar surface area (TPSA) is 17.1 Å². The Labute approximate surface area is 115 Å². The van der Waals surface area contributed by atoms with E-state index in [1.165, 1.54) is 0 Å². The smallest absolute Gasteiger partial charge is 0.194 e. The first kappa shape index (κ1) is 11.8. The first-order valence-corrected chi connectivity index (χ1v) is 6.40. The molecule has 0 aliphatic heterocycles. The molecule has 90 valence electrons. The van der Waals surface area contributed by atoms with Gasteiger partial charge in [-0.1, -0.05) is 29.3 Å². The maximum absolute atomic E-state index is 12.4. The Hall–Kier alpha value is -1.31. The molecule has 2 aromatic rings. The number of benzene rings is 2. The number of ketones is 1. The highest BCUT2D eigenvalue weighted by Crippen LogP contribution is 2.42. The van der Waals surface area contributed by atoms with Crippen LogP contribution in [-0.4, -0.2) is 5.78 Å². The van der Waals surface area contributed by atoms with Gasteiger partial charge in [-0.25, -0.2) is 0 Å². The summed E-state index contributed by atoms with van der Waals surface area (Å²) in [5.74, 6) is 0.0156. The number of halogens is 2. The molecule has 18 heavy (non-hydrogen) atoms. The first-order chi connectivity index (χ1) is 8.50. The molecule has 0 heterocycles. The molecule has 0 bridgehead atoms. The summed E-state index contributed by atoms with van der Waals surface area (Å²) in [6, 6.07) is 7.40. The Morgan fingerprint density at radius 2 is 1.67 bits per heavy atom. The molecule has 0 saturated heterocycles. The number of carbonyl (C=O) groups is 1. The van der Waals surface area contributed by atoms with Crippen molar-refractivity contribution in [1.29, 1.82) is 0 Å². The number of aryl methyl sites for hydroxylation is 1. The SMILES string of the molecule is Cc1cc2c(c(C)c1Cl)C(=O)c1cc(Cl)ccc1-2. The third-order valence-electron chi connectivity index (χ3n) is 3.42. The molecule has 3 heteroatoms. The van der Waals surface area contributed by atoms with E-state index < -0.39 is 0 Å². The van der Waals surface area contributed by atoms with Gasteiger partial charge in [0, 0.05) is 21.2 Å². The highest BCUT2D eigenvalue weighted by Gasteiger charge is 2.29. The molecule has 0 unspecified atom stereocenters. The molecule has 1 aliphatic carbocycles. The van der Waals surface area contributed by atoms with Gasteiger partial charge in [-0.3, -0.25) is 4.79 Å². The van der Waals surface area contributed by atoms with Crippen molar-refractivity contribution in [3.63, 3.8) is 0 Å². The van der Waals surface area contributed by atoms with Crippen LogP contribution in [0.4, 0.5) is 0 Å². The second kappa shape index (κ2) is 3.84. The van der Waals surface area contributed by atoms with E-state index in [1.54, 1.807) is 6.07 Å². The lowest BCUT2D eigenvalue weighted by Crippen LogP contribution is -1.99. The molecule has 0 radical (unpaired) electrons. The van der Waals surface area contributed by atoms with E-state index in [0.717, 1.165) is 22.3 Å². The van der Waals surface area contributed by atoms with E-state index in [4.69, 9.17) is 23.2 Å². The summed E-state index contributed by atoms with van der Waals surface area (Å²) in [5.41, 5.74) is 5.13. The summed E-state index contributed by atoms with van der Waals surface area (Å²) >= 11 is 12.2. The zero-order valence-electron chi connectivity index (χ0n) is 9.97. The van der Waals surface area contributed by atoms with Crippen molar-refractivity contribution < 1.29 is 4.79 Å². The second-order valence-electron chi connectivity index (χ2n) is 4.57. The van der Waals surface area contributed by atoms with E-state index in [2.05, 4.69) is 0 Å². The number of carbonyl (C=O) groups excluding carboxylic acids is 1. The minimum absolute atomic E-state index is 0.0156. The number of hydrogen-bond acceptors (Lipinski definition) is 1. The minimum atomic E-state index is 0.0156. The Morgan fingerprint density at radius 1 is 0.944 bits per heavy atom. The largest absolute Gasteiger partial charge is 0.289 e. The van der Waals surface area contributed by atoms with E-state index in [1.807, 2.05) is 32.0 Å². The number of fused-ring (bicyclic) bond motifs is 3.